The van der Waals surface area contributed by atoms with Crippen LogP contribution in [0.5, 0.6) is 5.75 Å². The number of amides is 1. The Morgan fingerprint density at radius 1 is 1.20 bits per heavy atom. The number of aromatic nitrogens is 2. The van der Waals surface area contributed by atoms with E-state index < -0.39 is 0 Å². The van der Waals surface area contributed by atoms with Gasteiger partial charge in [0.1, 0.15) is 18.1 Å². The second kappa shape index (κ2) is 8.98. The molecule has 0 aliphatic rings. The molecule has 25 heavy (non-hydrogen) atoms. The quantitative estimate of drug-likeness (QED) is 0.730. The molecule has 0 aliphatic carbocycles. The molecule has 1 N–H and O–H groups in total. The molecule has 2 aromatic rings. The molecule has 0 saturated heterocycles. The molecular weight excluding hydrogens is 322 g/mol. The molecule has 7 nitrogen and oxygen atoms in total. The Kier molecular flexibility index (Phi) is 6.71. The van der Waals surface area contributed by atoms with Gasteiger partial charge in [-0.25, -0.2) is 4.68 Å². The minimum atomic E-state index is -0.351. The highest BCUT2D eigenvalue weighted by Crippen LogP contribution is 2.18. The first kappa shape index (κ1) is 18.7. The van der Waals surface area contributed by atoms with Gasteiger partial charge >= 0.3 is 0 Å². The van der Waals surface area contributed by atoms with Gasteiger partial charge in [0, 0.05) is 13.2 Å². The zero-order valence-electron chi connectivity index (χ0n) is 14.7. The first-order valence-electron chi connectivity index (χ1n) is 8.06. The lowest BCUT2D eigenvalue weighted by Crippen LogP contribution is -2.32. The van der Waals surface area contributed by atoms with Crippen LogP contribution >= 0.6 is 0 Å². The molecule has 1 heterocycles. The average molecular weight is 345 g/mol. The fourth-order valence-electron chi connectivity index (χ4n) is 2.29. The minimum Gasteiger partial charge on any atom is -0.491 e. The Hall–Kier alpha value is -2.67. The zero-order valence-corrected chi connectivity index (χ0v) is 14.7. The summed E-state index contributed by atoms with van der Waals surface area (Å²) in [7, 11) is 1.54. The summed E-state index contributed by atoms with van der Waals surface area (Å²) >= 11 is 0. The van der Waals surface area contributed by atoms with Crippen LogP contribution in [0.15, 0.2) is 35.1 Å². The van der Waals surface area contributed by atoms with Crippen molar-refractivity contribution in [2.24, 2.45) is 0 Å². The van der Waals surface area contributed by atoms with E-state index in [-0.39, 0.29) is 17.2 Å². The summed E-state index contributed by atoms with van der Waals surface area (Å²) in [4.78, 5) is 23.8. The monoisotopic (exact) mass is 345 g/mol. The van der Waals surface area contributed by atoms with E-state index in [1.54, 1.807) is 0 Å². The molecule has 0 fully saturated rings. The third kappa shape index (κ3) is 5.42. The lowest BCUT2D eigenvalue weighted by Gasteiger charge is -2.11. The number of hydrogen-bond donors (Lipinski definition) is 1. The Labute approximate surface area is 146 Å². The first-order chi connectivity index (χ1) is 12.0. The topological polar surface area (TPSA) is 82.5 Å². The summed E-state index contributed by atoms with van der Waals surface area (Å²) in [6.07, 6.45) is 0. The number of hydrogen-bond acceptors (Lipinski definition) is 5. The highest BCUT2D eigenvalue weighted by molar-refractivity contribution is 5.91. The van der Waals surface area contributed by atoms with Gasteiger partial charge in [-0.1, -0.05) is 17.7 Å². The number of benzene rings is 1. The fourth-order valence-corrected chi connectivity index (χ4v) is 2.29. The first-order valence-corrected chi connectivity index (χ1v) is 8.06. The second-order valence-electron chi connectivity index (χ2n) is 5.65. The van der Waals surface area contributed by atoms with Crippen molar-refractivity contribution in [2.45, 2.75) is 20.4 Å². The van der Waals surface area contributed by atoms with Gasteiger partial charge in [-0.2, -0.15) is 5.10 Å². The van der Waals surface area contributed by atoms with Crippen molar-refractivity contribution in [3.8, 4) is 5.75 Å². The van der Waals surface area contributed by atoms with Crippen LogP contribution in [0, 0.1) is 13.8 Å². The molecule has 1 aromatic heterocycles. The SMILES string of the molecule is COCCn1nc(C(=O)NCCOc2ccc(C)cc2C)ccc1=O. The molecule has 7 heteroatoms. The molecule has 0 bridgehead atoms. The van der Waals surface area contributed by atoms with Gasteiger partial charge in [-0.3, -0.25) is 9.59 Å². The number of nitrogens with one attached hydrogen (secondary N) is 1. The van der Waals surface area contributed by atoms with Gasteiger partial charge in [-0.05, 0) is 31.5 Å². The van der Waals surface area contributed by atoms with Crippen LogP contribution in [-0.4, -0.2) is 42.6 Å². The highest BCUT2D eigenvalue weighted by Gasteiger charge is 2.09. The largest absolute Gasteiger partial charge is 0.491 e. The maximum atomic E-state index is 12.1. The summed E-state index contributed by atoms with van der Waals surface area (Å²) in [6.45, 7) is 5.34. The molecule has 0 atom stereocenters. The summed E-state index contributed by atoms with van der Waals surface area (Å²) < 4.78 is 11.8. The van der Waals surface area contributed by atoms with Crippen LogP contribution < -0.4 is 15.6 Å². The van der Waals surface area contributed by atoms with Crippen LogP contribution in [-0.2, 0) is 11.3 Å². The van der Waals surface area contributed by atoms with Crippen molar-refractivity contribution < 1.29 is 14.3 Å². The average Bonchev–Trinajstić information content (AvgIpc) is 2.59. The van der Waals surface area contributed by atoms with Gasteiger partial charge in [-0.15, -0.1) is 0 Å². The van der Waals surface area contributed by atoms with E-state index in [1.165, 1.54) is 29.5 Å². The number of ether oxygens (including phenoxy) is 2. The zero-order chi connectivity index (χ0) is 18.2. The Bertz CT molecular complexity index is 786. The number of methoxy groups -OCH3 is 1. The van der Waals surface area contributed by atoms with Crippen molar-refractivity contribution in [3.63, 3.8) is 0 Å². The van der Waals surface area contributed by atoms with E-state index >= 15 is 0 Å². The van der Waals surface area contributed by atoms with Crippen LogP contribution in [0.2, 0.25) is 0 Å². The van der Waals surface area contributed by atoms with Gasteiger partial charge in [0.15, 0.2) is 0 Å². The van der Waals surface area contributed by atoms with Gasteiger partial charge in [0.25, 0.3) is 11.5 Å². The van der Waals surface area contributed by atoms with Crippen molar-refractivity contribution in [2.75, 3.05) is 26.9 Å². The van der Waals surface area contributed by atoms with E-state index in [0.717, 1.165) is 11.3 Å². The molecule has 0 radical (unpaired) electrons. The van der Waals surface area contributed by atoms with E-state index in [9.17, 15) is 9.59 Å². The van der Waals surface area contributed by atoms with Crippen LogP contribution in [0.4, 0.5) is 0 Å². The maximum absolute atomic E-state index is 12.1. The molecule has 1 amide bonds. The predicted molar refractivity (Wildman–Crippen MR) is 94.1 cm³/mol. The minimum absolute atomic E-state index is 0.183. The van der Waals surface area contributed by atoms with E-state index in [4.69, 9.17) is 9.47 Å². The molecule has 0 spiro atoms. The number of carbonyl (C=O) groups is 1. The molecule has 1 aromatic carbocycles. The Balaban J connectivity index is 1.86. The number of carbonyl (C=O) groups excluding carboxylic acids is 1. The van der Waals surface area contributed by atoms with Gasteiger partial charge in [0.2, 0.25) is 0 Å². The number of aryl methyl sites for hydroxylation is 2. The number of nitrogens with zero attached hydrogens (tertiary/aromatic N) is 2. The summed E-state index contributed by atoms with van der Waals surface area (Å²) in [5.41, 5.74) is 2.14. The van der Waals surface area contributed by atoms with Crippen molar-refractivity contribution in [3.05, 3.63) is 57.5 Å². The predicted octanol–water partition coefficient (Wildman–Crippen LogP) is 1.32. The smallest absolute Gasteiger partial charge is 0.271 e. The third-order valence-electron chi connectivity index (χ3n) is 3.58. The molecule has 0 unspecified atom stereocenters. The second-order valence-corrected chi connectivity index (χ2v) is 5.65. The van der Waals surface area contributed by atoms with E-state index in [2.05, 4.69) is 10.4 Å². The third-order valence-corrected chi connectivity index (χ3v) is 3.58. The van der Waals surface area contributed by atoms with Crippen molar-refractivity contribution in [1.29, 1.82) is 0 Å². The van der Waals surface area contributed by atoms with Crippen LogP contribution in [0.3, 0.4) is 0 Å². The standard InChI is InChI=1S/C18H23N3O4/c1-13-4-6-16(14(2)12-13)25-10-8-19-18(23)15-5-7-17(22)21(20-15)9-11-24-3/h4-7,12H,8-11H2,1-3H3,(H,19,23). The Morgan fingerprint density at radius 3 is 2.72 bits per heavy atom. The van der Waals surface area contributed by atoms with E-state index in [0.29, 0.717) is 26.3 Å². The molecule has 0 aliphatic heterocycles. The van der Waals surface area contributed by atoms with Gasteiger partial charge < -0.3 is 14.8 Å². The van der Waals surface area contributed by atoms with Crippen molar-refractivity contribution in [1.82, 2.24) is 15.1 Å². The van der Waals surface area contributed by atoms with Crippen LogP contribution in [0.1, 0.15) is 21.6 Å². The Morgan fingerprint density at radius 2 is 2.00 bits per heavy atom. The van der Waals surface area contributed by atoms with Gasteiger partial charge in [0.05, 0.1) is 19.7 Å². The normalized spacial score (nSPS) is 10.5. The summed E-state index contributed by atoms with van der Waals surface area (Å²) in [6, 6.07) is 8.67. The molecule has 2 rings (SSSR count). The molecular formula is C18H23N3O4. The summed E-state index contributed by atoms with van der Waals surface area (Å²) in [5, 5.41) is 6.77. The maximum Gasteiger partial charge on any atom is 0.271 e. The lowest BCUT2D eigenvalue weighted by atomic mass is 10.1. The lowest BCUT2D eigenvalue weighted by molar-refractivity contribution is 0.0938. The van der Waals surface area contributed by atoms with Crippen molar-refractivity contribution >= 4 is 5.91 Å². The highest BCUT2D eigenvalue weighted by atomic mass is 16.5. The molecule has 134 valence electrons. The number of rotatable bonds is 8. The molecule has 0 saturated carbocycles. The summed E-state index contributed by atoms with van der Waals surface area (Å²) in [5.74, 6) is 0.446. The van der Waals surface area contributed by atoms with Crippen LogP contribution in [0.25, 0.3) is 0 Å². The fraction of sp³-hybridized carbons (Fsp3) is 0.389. The van der Waals surface area contributed by atoms with E-state index in [1.807, 2.05) is 32.0 Å².